The highest BCUT2D eigenvalue weighted by molar-refractivity contribution is 7.99. The molecule has 4 N–H and O–H groups in total. The largest absolute Gasteiger partial charge is 0.409 e. The Morgan fingerprint density at radius 2 is 2.12 bits per heavy atom. The molecule has 0 fully saturated rings. The van der Waals surface area contributed by atoms with Crippen molar-refractivity contribution in [3.8, 4) is 0 Å². The summed E-state index contributed by atoms with van der Waals surface area (Å²) in [6.07, 6.45) is 2.78. The first-order valence-corrected chi connectivity index (χ1v) is 6.69. The molecule has 0 aliphatic heterocycles. The minimum Gasteiger partial charge on any atom is -0.409 e. The lowest BCUT2D eigenvalue weighted by atomic mass is 9.87. The fourth-order valence-corrected chi connectivity index (χ4v) is 2.31. The van der Waals surface area contributed by atoms with E-state index in [0.717, 1.165) is 25.0 Å². The second-order valence-electron chi connectivity index (χ2n) is 4.67. The van der Waals surface area contributed by atoms with Gasteiger partial charge in [0.05, 0.1) is 0 Å². The van der Waals surface area contributed by atoms with Crippen LogP contribution in [0.2, 0.25) is 0 Å². The predicted molar refractivity (Wildman–Crippen MR) is 70.0 cm³/mol. The van der Waals surface area contributed by atoms with Gasteiger partial charge in [-0.15, -0.1) is 0 Å². The van der Waals surface area contributed by atoms with Crippen LogP contribution in [0.5, 0.6) is 0 Å². The maximum absolute atomic E-state index is 8.75. The van der Waals surface area contributed by atoms with Gasteiger partial charge in [0.15, 0.2) is 0 Å². The van der Waals surface area contributed by atoms with E-state index in [0.29, 0.717) is 11.1 Å². The second kappa shape index (κ2) is 7.79. The number of nitrogens with zero attached hydrogens (tertiary/aromatic N) is 1. The Labute approximate surface area is 102 Å². The molecule has 0 spiro atoms. The molecular formula is C11H24N2O2S. The van der Waals surface area contributed by atoms with Gasteiger partial charge in [-0.3, -0.25) is 0 Å². The van der Waals surface area contributed by atoms with Crippen LogP contribution >= 0.6 is 11.8 Å². The summed E-state index contributed by atoms with van der Waals surface area (Å²) >= 11 is 1.86. The number of aliphatic hydroxyl groups is 1. The van der Waals surface area contributed by atoms with Gasteiger partial charge in [-0.1, -0.05) is 25.9 Å². The summed E-state index contributed by atoms with van der Waals surface area (Å²) < 4.78 is 0. The van der Waals surface area contributed by atoms with E-state index in [-0.39, 0.29) is 12.0 Å². The standard InChI is InChI=1S/C11H24N2O2S/c1-9(5-7-14)16-8-4-6-11(2,3)10(12)13-15/h9,14-15H,4-8H2,1-3H3,(H2,12,13). The fourth-order valence-electron chi connectivity index (χ4n) is 1.33. The summed E-state index contributed by atoms with van der Waals surface area (Å²) in [5, 5.41) is 20.9. The molecular weight excluding hydrogens is 224 g/mol. The first-order valence-electron chi connectivity index (χ1n) is 5.64. The third-order valence-electron chi connectivity index (χ3n) is 2.69. The summed E-state index contributed by atoms with van der Waals surface area (Å²) in [7, 11) is 0. The van der Waals surface area contributed by atoms with Crippen molar-refractivity contribution in [2.75, 3.05) is 12.4 Å². The second-order valence-corrected chi connectivity index (χ2v) is 6.21. The summed E-state index contributed by atoms with van der Waals surface area (Å²) in [4.78, 5) is 0. The Balaban J connectivity index is 3.74. The summed E-state index contributed by atoms with van der Waals surface area (Å²) in [5.74, 6) is 1.34. The van der Waals surface area contributed by atoms with Crippen LogP contribution in [-0.4, -0.2) is 33.8 Å². The molecule has 0 saturated carbocycles. The molecule has 96 valence electrons. The average Bonchev–Trinajstić information content (AvgIpc) is 2.23. The molecule has 4 nitrogen and oxygen atoms in total. The minimum atomic E-state index is -0.241. The van der Waals surface area contributed by atoms with E-state index in [1.54, 1.807) is 0 Å². The van der Waals surface area contributed by atoms with E-state index in [2.05, 4.69) is 12.1 Å². The Morgan fingerprint density at radius 1 is 1.50 bits per heavy atom. The molecule has 0 aromatic carbocycles. The molecule has 0 bridgehead atoms. The first kappa shape index (κ1) is 15.6. The zero-order valence-corrected chi connectivity index (χ0v) is 11.3. The van der Waals surface area contributed by atoms with Gasteiger partial charge < -0.3 is 16.0 Å². The molecule has 0 heterocycles. The average molecular weight is 248 g/mol. The molecule has 16 heavy (non-hydrogen) atoms. The molecule has 0 rings (SSSR count). The summed E-state index contributed by atoms with van der Waals surface area (Å²) in [6.45, 7) is 6.33. The molecule has 5 heteroatoms. The molecule has 1 unspecified atom stereocenters. The minimum absolute atomic E-state index is 0.241. The van der Waals surface area contributed by atoms with Crippen molar-refractivity contribution in [3.63, 3.8) is 0 Å². The maximum atomic E-state index is 8.75. The van der Waals surface area contributed by atoms with Crippen molar-refractivity contribution >= 4 is 17.6 Å². The third-order valence-corrected chi connectivity index (χ3v) is 4.01. The molecule has 0 aliphatic carbocycles. The van der Waals surface area contributed by atoms with Crippen molar-refractivity contribution < 1.29 is 10.3 Å². The smallest absolute Gasteiger partial charge is 0.144 e. The number of aliphatic hydroxyl groups excluding tert-OH is 1. The number of hydrogen-bond acceptors (Lipinski definition) is 4. The van der Waals surface area contributed by atoms with Gasteiger partial charge in [0.2, 0.25) is 0 Å². The number of hydrogen-bond donors (Lipinski definition) is 3. The van der Waals surface area contributed by atoms with Crippen LogP contribution < -0.4 is 5.73 Å². The Hall–Kier alpha value is -0.420. The lowest BCUT2D eigenvalue weighted by Crippen LogP contribution is -2.32. The fraction of sp³-hybridized carbons (Fsp3) is 0.909. The van der Waals surface area contributed by atoms with Gasteiger partial charge in [0, 0.05) is 17.3 Å². The SMILES string of the molecule is CC(CCO)SCCCC(C)(C)C(N)=NO. The van der Waals surface area contributed by atoms with Crippen LogP contribution in [0.15, 0.2) is 5.16 Å². The van der Waals surface area contributed by atoms with E-state index < -0.39 is 0 Å². The van der Waals surface area contributed by atoms with Crippen molar-refractivity contribution in [3.05, 3.63) is 0 Å². The molecule has 0 amide bonds. The number of nitrogens with two attached hydrogens (primary N) is 1. The third kappa shape index (κ3) is 6.23. The molecule has 0 aromatic rings. The zero-order chi connectivity index (χ0) is 12.6. The summed E-state index contributed by atoms with van der Waals surface area (Å²) in [5.41, 5.74) is 5.36. The molecule has 0 radical (unpaired) electrons. The molecule has 1 atom stereocenters. The van der Waals surface area contributed by atoms with E-state index in [4.69, 9.17) is 16.0 Å². The molecule has 0 aliphatic rings. The van der Waals surface area contributed by atoms with Gasteiger partial charge >= 0.3 is 0 Å². The number of rotatable bonds is 8. The first-order chi connectivity index (χ1) is 7.44. The van der Waals surface area contributed by atoms with E-state index in [9.17, 15) is 0 Å². The van der Waals surface area contributed by atoms with Crippen LogP contribution in [0.1, 0.15) is 40.0 Å². The van der Waals surface area contributed by atoms with E-state index in [1.807, 2.05) is 25.6 Å². The van der Waals surface area contributed by atoms with E-state index >= 15 is 0 Å². The topological polar surface area (TPSA) is 78.8 Å². The number of oxime groups is 1. The van der Waals surface area contributed by atoms with Crippen molar-refractivity contribution in [1.29, 1.82) is 0 Å². The van der Waals surface area contributed by atoms with Gasteiger partial charge in [-0.05, 0) is 25.0 Å². The van der Waals surface area contributed by atoms with Gasteiger partial charge in [-0.2, -0.15) is 11.8 Å². The Kier molecular flexibility index (Phi) is 7.58. The van der Waals surface area contributed by atoms with Crippen LogP contribution in [0.4, 0.5) is 0 Å². The Morgan fingerprint density at radius 3 is 2.62 bits per heavy atom. The van der Waals surface area contributed by atoms with Crippen molar-refractivity contribution in [1.82, 2.24) is 0 Å². The van der Waals surface area contributed by atoms with Crippen LogP contribution in [-0.2, 0) is 0 Å². The lowest BCUT2D eigenvalue weighted by Gasteiger charge is -2.22. The van der Waals surface area contributed by atoms with Crippen molar-refractivity contribution in [2.24, 2.45) is 16.3 Å². The monoisotopic (exact) mass is 248 g/mol. The Bertz CT molecular complexity index is 220. The highest BCUT2D eigenvalue weighted by Gasteiger charge is 2.22. The highest BCUT2D eigenvalue weighted by Crippen LogP contribution is 2.25. The number of amidine groups is 1. The van der Waals surface area contributed by atoms with Crippen LogP contribution in [0, 0.1) is 5.41 Å². The number of thioether (sulfide) groups is 1. The van der Waals surface area contributed by atoms with Gasteiger partial charge in [0.1, 0.15) is 5.84 Å². The van der Waals surface area contributed by atoms with Crippen LogP contribution in [0.3, 0.4) is 0 Å². The zero-order valence-electron chi connectivity index (χ0n) is 10.4. The quantitative estimate of drug-likeness (QED) is 0.202. The lowest BCUT2D eigenvalue weighted by molar-refractivity contribution is 0.289. The normalized spacial score (nSPS) is 15.1. The maximum Gasteiger partial charge on any atom is 0.144 e. The van der Waals surface area contributed by atoms with Gasteiger partial charge in [-0.25, -0.2) is 0 Å². The highest BCUT2D eigenvalue weighted by atomic mass is 32.2. The summed E-state index contributed by atoms with van der Waals surface area (Å²) in [6, 6.07) is 0. The molecule has 0 saturated heterocycles. The predicted octanol–water partition coefficient (Wildman–Crippen LogP) is 2.04. The molecule has 0 aromatic heterocycles. The van der Waals surface area contributed by atoms with E-state index in [1.165, 1.54) is 0 Å². The van der Waals surface area contributed by atoms with Crippen molar-refractivity contribution in [2.45, 2.75) is 45.3 Å². The van der Waals surface area contributed by atoms with Gasteiger partial charge in [0.25, 0.3) is 0 Å². The van der Waals surface area contributed by atoms with Crippen LogP contribution in [0.25, 0.3) is 0 Å².